The second-order valence-corrected chi connectivity index (χ2v) is 8.33. The molecule has 1 heterocycles. The zero-order chi connectivity index (χ0) is 19.2. The highest BCUT2D eigenvalue weighted by atomic mass is 16.5. The first-order chi connectivity index (χ1) is 12.2. The summed E-state index contributed by atoms with van der Waals surface area (Å²) in [6, 6.07) is 8.20. The number of hydrogen-bond donors (Lipinski definition) is 1. The van der Waals surface area contributed by atoms with E-state index in [-0.39, 0.29) is 17.6 Å². The Hall–Kier alpha value is -1.14. The molecule has 1 fully saturated rings. The molecule has 0 spiro atoms. The molecule has 0 aliphatic carbocycles. The van der Waals surface area contributed by atoms with Crippen LogP contribution in [0.1, 0.15) is 40.2 Å². The van der Waals surface area contributed by atoms with Crippen molar-refractivity contribution < 1.29 is 19.3 Å². The number of nitrogens with zero attached hydrogens (tertiary/aromatic N) is 1. The van der Waals surface area contributed by atoms with Crippen LogP contribution in [0.25, 0.3) is 0 Å². The summed E-state index contributed by atoms with van der Waals surface area (Å²) in [5.41, 5.74) is 1.43. The third-order valence-corrected chi connectivity index (χ3v) is 4.49. The van der Waals surface area contributed by atoms with Crippen LogP contribution >= 0.6 is 0 Å². The van der Waals surface area contributed by atoms with Crippen molar-refractivity contribution in [3.05, 3.63) is 29.8 Å². The molecule has 5 heteroatoms. The number of aliphatic hydroxyl groups is 1. The molecular formula is C21H35NO4. The minimum atomic E-state index is -0.487. The van der Waals surface area contributed by atoms with Crippen LogP contribution in [0.4, 0.5) is 0 Å². The molecule has 0 aromatic heterocycles. The number of benzene rings is 1. The lowest BCUT2D eigenvalue weighted by atomic mass is 9.87. The Kier molecular flexibility index (Phi) is 7.89. The quantitative estimate of drug-likeness (QED) is 0.718. The summed E-state index contributed by atoms with van der Waals surface area (Å²) in [5, 5.41) is 10.1. The van der Waals surface area contributed by atoms with Crippen LogP contribution in [-0.4, -0.2) is 67.8 Å². The van der Waals surface area contributed by atoms with Crippen LogP contribution in [0.5, 0.6) is 5.75 Å². The molecule has 3 atom stereocenters. The van der Waals surface area contributed by atoms with Gasteiger partial charge in [0.05, 0.1) is 31.5 Å². The van der Waals surface area contributed by atoms with Gasteiger partial charge in [-0.25, -0.2) is 0 Å². The molecule has 1 aromatic carbocycles. The van der Waals surface area contributed by atoms with Gasteiger partial charge in [0.25, 0.3) is 0 Å². The van der Waals surface area contributed by atoms with Crippen molar-refractivity contribution in [1.29, 1.82) is 0 Å². The maximum absolute atomic E-state index is 10.1. The molecule has 0 unspecified atom stereocenters. The van der Waals surface area contributed by atoms with Crippen molar-refractivity contribution >= 4 is 0 Å². The summed E-state index contributed by atoms with van der Waals surface area (Å²) in [4.78, 5) is 2.24. The molecule has 26 heavy (non-hydrogen) atoms. The molecule has 2 rings (SSSR count). The highest BCUT2D eigenvalue weighted by molar-refractivity contribution is 5.31. The molecule has 1 N–H and O–H groups in total. The molecule has 5 nitrogen and oxygen atoms in total. The Morgan fingerprint density at radius 3 is 2.31 bits per heavy atom. The average Bonchev–Trinajstić information content (AvgIpc) is 2.53. The lowest BCUT2D eigenvalue weighted by molar-refractivity contribution is -0.0824. The molecule has 1 aliphatic rings. The summed E-state index contributed by atoms with van der Waals surface area (Å²) in [5.74, 6) is 0.846. The van der Waals surface area contributed by atoms with Gasteiger partial charge >= 0.3 is 0 Å². The SMILES string of the molecule is C[C@@H]1CN(C[C@H](O)COCCOc2ccc(C(C)(C)C)cc2)C[C@H](C)O1. The number of ether oxygens (including phenoxy) is 3. The van der Waals surface area contributed by atoms with Gasteiger partial charge in [0.2, 0.25) is 0 Å². The van der Waals surface area contributed by atoms with Gasteiger partial charge in [-0.05, 0) is 37.0 Å². The van der Waals surface area contributed by atoms with Crippen molar-refractivity contribution in [3.8, 4) is 5.75 Å². The largest absolute Gasteiger partial charge is 0.491 e. The summed E-state index contributed by atoms with van der Waals surface area (Å²) < 4.78 is 17.0. The van der Waals surface area contributed by atoms with E-state index in [2.05, 4.69) is 51.7 Å². The first kappa shape index (κ1) is 21.2. The predicted molar refractivity (Wildman–Crippen MR) is 104 cm³/mol. The zero-order valence-corrected chi connectivity index (χ0v) is 16.9. The standard InChI is InChI=1S/C21H35NO4/c1-16-12-22(13-17(2)26-16)14-19(23)15-24-10-11-25-20-8-6-18(7-9-20)21(3,4)5/h6-9,16-17,19,23H,10-15H2,1-5H3/t16-,17+,19-/m0/s1. The summed E-state index contributed by atoms with van der Waals surface area (Å²) in [6.45, 7) is 14.3. The molecule has 148 valence electrons. The number of β-amino-alcohol motifs (C(OH)–C–C–N with tert-alkyl or cyclic N) is 1. The maximum atomic E-state index is 10.1. The van der Waals surface area contributed by atoms with Gasteiger partial charge in [-0.1, -0.05) is 32.9 Å². The minimum Gasteiger partial charge on any atom is -0.491 e. The Morgan fingerprint density at radius 2 is 1.73 bits per heavy atom. The Bertz CT molecular complexity index is 516. The van der Waals surface area contributed by atoms with Gasteiger partial charge in [0, 0.05) is 19.6 Å². The number of rotatable bonds is 8. The fourth-order valence-corrected chi connectivity index (χ4v) is 3.27. The molecule has 1 aromatic rings. The first-order valence-electron chi connectivity index (χ1n) is 9.61. The van der Waals surface area contributed by atoms with E-state index < -0.39 is 6.10 Å². The van der Waals surface area contributed by atoms with Gasteiger partial charge in [0.1, 0.15) is 12.4 Å². The van der Waals surface area contributed by atoms with E-state index in [1.54, 1.807) is 0 Å². The van der Waals surface area contributed by atoms with Crippen molar-refractivity contribution in [2.75, 3.05) is 39.5 Å². The number of hydrogen-bond acceptors (Lipinski definition) is 5. The normalized spacial score (nSPS) is 23.0. The van der Waals surface area contributed by atoms with E-state index >= 15 is 0 Å². The Morgan fingerprint density at radius 1 is 1.12 bits per heavy atom. The van der Waals surface area contributed by atoms with Crippen LogP contribution < -0.4 is 4.74 Å². The van der Waals surface area contributed by atoms with E-state index in [0.717, 1.165) is 18.8 Å². The van der Waals surface area contributed by atoms with E-state index in [4.69, 9.17) is 14.2 Å². The van der Waals surface area contributed by atoms with Crippen LogP contribution in [0.3, 0.4) is 0 Å². The second kappa shape index (κ2) is 9.70. The third-order valence-electron chi connectivity index (χ3n) is 4.49. The summed E-state index contributed by atoms with van der Waals surface area (Å²) in [7, 11) is 0. The van der Waals surface area contributed by atoms with Crippen molar-refractivity contribution in [2.24, 2.45) is 0 Å². The van der Waals surface area contributed by atoms with Crippen molar-refractivity contribution in [1.82, 2.24) is 4.90 Å². The fraction of sp³-hybridized carbons (Fsp3) is 0.714. The lowest BCUT2D eigenvalue weighted by Crippen LogP contribution is -2.48. The first-order valence-corrected chi connectivity index (χ1v) is 9.61. The minimum absolute atomic E-state index is 0.147. The highest BCUT2D eigenvalue weighted by Gasteiger charge is 2.23. The molecule has 1 aliphatic heterocycles. The zero-order valence-electron chi connectivity index (χ0n) is 16.9. The van der Waals surface area contributed by atoms with Crippen LogP contribution in [0.2, 0.25) is 0 Å². The molecule has 0 radical (unpaired) electrons. The van der Waals surface area contributed by atoms with E-state index in [0.29, 0.717) is 26.4 Å². The van der Waals surface area contributed by atoms with Crippen LogP contribution in [-0.2, 0) is 14.9 Å². The molecule has 0 amide bonds. The van der Waals surface area contributed by atoms with Gasteiger partial charge in [-0.2, -0.15) is 0 Å². The lowest BCUT2D eigenvalue weighted by Gasteiger charge is -2.36. The van der Waals surface area contributed by atoms with E-state index in [9.17, 15) is 5.11 Å². The van der Waals surface area contributed by atoms with Gasteiger partial charge < -0.3 is 19.3 Å². The topological polar surface area (TPSA) is 51.2 Å². The van der Waals surface area contributed by atoms with E-state index in [1.807, 2.05) is 12.1 Å². The van der Waals surface area contributed by atoms with Crippen molar-refractivity contribution in [3.63, 3.8) is 0 Å². The third kappa shape index (κ3) is 7.23. The van der Waals surface area contributed by atoms with Gasteiger partial charge in [-0.15, -0.1) is 0 Å². The second-order valence-electron chi connectivity index (χ2n) is 8.33. The summed E-state index contributed by atoms with van der Waals surface area (Å²) >= 11 is 0. The number of aliphatic hydroxyl groups excluding tert-OH is 1. The Labute approximate surface area is 158 Å². The molecule has 1 saturated heterocycles. The smallest absolute Gasteiger partial charge is 0.119 e. The molecular weight excluding hydrogens is 330 g/mol. The summed E-state index contributed by atoms with van der Waals surface area (Å²) in [6.07, 6.45) is -0.0616. The number of morpholine rings is 1. The van der Waals surface area contributed by atoms with Crippen LogP contribution in [0, 0.1) is 0 Å². The monoisotopic (exact) mass is 365 g/mol. The Balaban J connectivity index is 1.60. The van der Waals surface area contributed by atoms with Crippen LogP contribution in [0.15, 0.2) is 24.3 Å². The molecule has 0 bridgehead atoms. The van der Waals surface area contributed by atoms with E-state index in [1.165, 1.54) is 5.56 Å². The highest BCUT2D eigenvalue weighted by Crippen LogP contribution is 2.24. The predicted octanol–water partition coefficient (Wildman–Crippen LogP) is 2.85. The van der Waals surface area contributed by atoms with Gasteiger partial charge in [-0.3, -0.25) is 4.90 Å². The maximum Gasteiger partial charge on any atom is 0.119 e. The average molecular weight is 366 g/mol. The van der Waals surface area contributed by atoms with Crippen molar-refractivity contribution in [2.45, 2.75) is 58.3 Å². The molecule has 0 saturated carbocycles. The fourth-order valence-electron chi connectivity index (χ4n) is 3.27. The van der Waals surface area contributed by atoms with Gasteiger partial charge in [0.15, 0.2) is 0 Å².